The Labute approximate surface area is 615 Å². The Balaban J connectivity index is 1.56. The zero-order chi connectivity index (χ0) is 72.2. The van der Waals surface area contributed by atoms with Crippen LogP contribution in [0.25, 0.3) is 0 Å². The molecule has 0 radical (unpaired) electrons. The summed E-state index contributed by atoms with van der Waals surface area (Å²) >= 11 is 0. The fraction of sp³-hybridized carbons (Fsp3) is 0.942. The Morgan fingerprint density at radius 3 is 1.00 bits per heavy atom. The molecule has 592 valence electrons. The summed E-state index contributed by atoms with van der Waals surface area (Å²) in [7, 11) is 0. The number of nitrogens with one attached hydrogen (secondary N) is 1. The largest absolute Gasteiger partial charge is 0.394 e. The average molecular weight is 1420 g/mol. The fourth-order valence-electron chi connectivity index (χ4n) is 14.8. The quantitative estimate of drug-likeness (QED) is 0.0204. The van der Waals surface area contributed by atoms with Crippen molar-refractivity contribution in [3.63, 3.8) is 0 Å². The number of allylic oxidation sites excluding steroid dienone is 4. The molecule has 2 aliphatic rings. The van der Waals surface area contributed by atoms with E-state index in [1.165, 1.54) is 340 Å². The lowest BCUT2D eigenvalue weighted by Crippen LogP contribution is -2.65. The lowest BCUT2D eigenvalue weighted by molar-refractivity contribution is -0.359. The lowest BCUT2D eigenvalue weighted by atomic mass is 9.97. The van der Waals surface area contributed by atoms with E-state index < -0.39 is 86.8 Å². The molecule has 14 nitrogen and oxygen atoms in total. The van der Waals surface area contributed by atoms with Gasteiger partial charge in [-0.1, -0.05) is 398 Å². The molecule has 2 heterocycles. The van der Waals surface area contributed by atoms with E-state index >= 15 is 0 Å². The van der Waals surface area contributed by atoms with Crippen LogP contribution in [0.3, 0.4) is 0 Å². The van der Waals surface area contributed by atoms with E-state index in [9.17, 15) is 45.6 Å². The molecule has 100 heavy (non-hydrogen) atoms. The number of ether oxygens (including phenoxy) is 4. The minimum atomic E-state index is -1.78. The van der Waals surface area contributed by atoms with E-state index in [0.717, 1.165) is 57.8 Å². The summed E-state index contributed by atoms with van der Waals surface area (Å²) in [5, 5.41) is 88.0. The predicted octanol–water partition coefficient (Wildman–Crippen LogP) is 20.6. The van der Waals surface area contributed by atoms with Crippen LogP contribution in [0.4, 0.5) is 0 Å². The molecule has 2 aliphatic heterocycles. The van der Waals surface area contributed by atoms with Crippen LogP contribution < -0.4 is 5.32 Å². The number of hydrogen-bond acceptors (Lipinski definition) is 13. The summed E-state index contributed by atoms with van der Waals surface area (Å²) in [5.74, 6) is -0.196. The highest BCUT2D eigenvalue weighted by molar-refractivity contribution is 5.76. The highest BCUT2D eigenvalue weighted by atomic mass is 16.7. The zero-order valence-corrected chi connectivity index (χ0v) is 65.2. The minimum Gasteiger partial charge on any atom is -0.394 e. The van der Waals surface area contributed by atoms with Crippen LogP contribution in [0.5, 0.6) is 0 Å². The standard InChI is InChI=1S/C86H165NO13/c1-3-5-7-9-11-13-15-17-19-21-23-25-27-29-31-33-34-35-36-37-38-39-40-42-44-46-48-50-52-54-56-58-60-62-64-66-68-70-78(91)87-74(73-97-85-83(96)81(94)84(77(72-89)99-85)100-86-82(95)80(93)79(92)76(71-88)98-86)75(90)69-67-65-63-61-59-57-55-53-51-49-47-45-43-41-32-30-28-26-24-22-20-18-16-14-12-10-8-6-4-2/h15,17,21,23,74-77,79-86,88-90,92-96H,3-14,16,18-20,22,24-73H2,1-2H3,(H,87,91)/b17-15-,23-21-. The van der Waals surface area contributed by atoms with Crippen LogP contribution in [-0.2, 0) is 23.7 Å². The van der Waals surface area contributed by atoms with Crippen molar-refractivity contribution >= 4 is 5.91 Å². The van der Waals surface area contributed by atoms with Crippen molar-refractivity contribution in [1.82, 2.24) is 5.32 Å². The van der Waals surface area contributed by atoms with E-state index in [1.54, 1.807) is 0 Å². The van der Waals surface area contributed by atoms with Gasteiger partial charge < -0.3 is 65.1 Å². The SMILES string of the molecule is CCCCCCC/C=C\C/C=C\CCCCCCCCCCCCCCCCCCCCCCCCCCCC(=O)NC(COC1OC(CO)C(OC2OC(CO)C(O)C(O)C2O)C(O)C1O)C(O)CCCCCCCCCCCCCCCCCCCCCCCCCCCCCCC. The van der Waals surface area contributed by atoms with Gasteiger partial charge in [-0.25, -0.2) is 0 Å². The molecule has 0 aliphatic carbocycles. The van der Waals surface area contributed by atoms with Gasteiger partial charge in [-0.05, 0) is 44.9 Å². The fourth-order valence-corrected chi connectivity index (χ4v) is 14.8. The molecule has 0 aromatic carbocycles. The topological polar surface area (TPSA) is 228 Å². The van der Waals surface area contributed by atoms with Crippen LogP contribution >= 0.6 is 0 Å². The van der Waals surface area contributed by atoms with Gasteiger partial charge in [0.25, 0.3) is 0 Å². The maximum atomic E-state index is 13.4. The van der Waals surface area contributed by atoms with Gasteiger partial charge in [-0.2, -0.15) is 0 Å². The zero-order valence-electron chi connectivity index (χ0n) is 65.2. The number of carbonyl (C=O) groups excluding carboxylic acids is 1. The van der Waals surface area contributed by atoms with Gasteiger partial charge in [0.05, 0.1) is 32.0 Å². The molecular formula is C86H165NO13. The molecule has 12 unspecified atom stereocenters. The molecule has 9 N–H and O–H groups in total. The number of amides is 1. The summed E-state index contributed by atoms with van der Waals surface area (Å²) < 4.78 is 23.0. The van der Waals surface area contributed by atoms with Gasteiger partial charge in [0.15, 0.2) is 12.6 Å². The molecule has 1 amide bonds. The highest BCUT2D eigenvalue weighted by Gasteiger charge is 2.51. The van der Waals surface area contributed by atoms with E-state index in [-0.39, 0.29) is 12.5 Å². The first kappa shape index (κ1) is 94.6. The number of aliphatic hydroxyl groups is 8. The van der Waals surface area contributed by atoms with E-state index in [0.29, 0.717) is 12.8 Å². The summed E-state index contributed by atoms with van der Waals surface area (Å²) in [6, 6.07) is -0.828. The van der Waals surface area contributed by atoms with Crippen molar-refractivity contribution in [2.45, 2.75) is 498 Å². The first-order valence-electron chi connectivity index (χ1n) is 43.6. The molecular weight excluding hydrogens is 1250 g/mol. The summed E-state index contributed by atoms with van der Waals surface area (Å²) in [5.41, 5.74) is 0. The molecule has 2 rings (SSSR count). The van der Waals surface area contributed by atoms with Crippen molar-refractivity contribution in [1.29, 1.82) is 0 Å². The maximum absolute atomic E-state index is 13.4. The Morgan fingerprint density at radius 1 is 0.360 bits per heavy atom. The second-order valence-electron chi connectivity index (χ2n) is 31.0. The molecule has 14 heteroatoms. The van der Waals surface area contributed by atoms with Gasteiger partial charge in [0.2, 0.25) is 5.91 Å². The van der Waals surface area contributed by atoms with Crippen LogP contribution in [0.1, 0.15) is 425 Å². The average Bonchev–Trinajstić information content (AvgIpc) is 0.791. The Kier molecular flexibility index (Phi) is 66.6. The molecule has 0 bridgehead atoms. The summed E-state index contributed by atoms with van der Waals surface area (Å²) in [6.07, 6.45) is 75.3. The molecule has 12 atom stereocenters. The third-order valence-electron chi connectivity index (χ3n) is 21.7. The third kappa shape index (κ3) is 52.5. The first-order chi connectivity index (χ1) is 49.1. The molecule has 0 saturated carbocycles. The number of hydrogen-bond donors (Lipinski definition) is 9. The number of unbranched alkanes of at least 4 members (excludes halogenated alkanes) is 58. The van der Waals surface area contributed by atoms with Gasteiger partial charge in [0, 0.05) is 6.42 Å². The second-order valence-corrected chi connectivity index (χ2v) is 31.0. The van der Waals surface area contributed by atoms with Crippen LogP contribution in [0, 0.1) is 0 Å². The second kappa shape index (κ2) is 70.5. The number of carbonyl (C=O) groups is 1. The monoisotopic (exact) mass is 1420 g/mol. The van der Waals surface area contributed by atoms with Crippen molar-refractivity contribution < 1.29 is 64.6 Å². The van der Waals surface area contributed by atoms with Crippen LogP contribution in [0.2, 0.25) is 0 Å². The smallest absolute Gasteiger partial charge is 0.220 e. The lowest BCUT2D eigenvalue weighted by Gasteiger charge is -2.46. The summed E-state index contributed by atoms with van der Waals surface area (Å²) in [6.45, 7) is 2.93. The van der Waals surface area contributed by atoms with E-state index in [4.69, 9.17) is 18.9 Å². The maximum Gasteiger partial charge on any atom is 0.220 e. The molecule has 0 aromatic heterocycles. The Hall–Kier alpha value is -1.53. The Morgan fingerprint density at radius 2 is 0.660 bits per heavy atom. The molecule has 2 fully saturated rings. The number of rotatable bonds is 75. The van der Waals surface area contributed by atoms with Gasteiger partial charge in [-0.15, -0.1) is 0 Å². The van der Waals surface area contributed by atoms with Gasteiger partial charge in [0.1, 0.15) is 48.8 Å². The minimum absolute atomic E-state index is 0.196. The molecule has 0 spiro atoms. The highest BCUT2D eigenvalue weighted by Crippen LogP contribution is 2.31. The van der Waals surface area contributed by atoms with Gasteiger partial charge >= 0.3 is 0 Å². The van der Waals surface area contributed by atoms with Crippen molar-refractivity contribution in [3.05, 3.63) is 24.3 Å². The summed E-state index contributed by atoms with van der Waals surface area (Å²) in [4.78, 5) is 13.4. The van der Waals surface area contributed by atoms with E-state index in [2.05, 4.69) is 43.5 Å². The van der Waals surface area contributed by atoms with Gasteiger partial charge in [-0.3, -0.25) is 4.79 Å². The first-order valence-corrected chi connectivity index (χ1v) is 43.6. The molecule has 0 aromatic rings. The third-order valence-corrected chi connectivity index (χ3v) is 21.7. The van der Waals surface area contributed by atoms with E-state index in [1.807, 2.05) is 0 Å². The molecule has 2 saturated heterocycles. The van der Waals surface area contributed by atoms with Crippen molar-refractivity contribution in [2.24, 2.45) is 0 Å². The predicted molar refractivity (Wildman–Crippen MR) is 415 cm³/mol. The normalized spacial score (nSPS) is 21.9. The number of aliphatic hydroxyl groups excluding tert-OH is 8. The Bertz CT molecular complexity index is 1770. The van der Waals surface area contributed by atoms with Crippen LogP contribution in [-0.4, -0.2) is 140 Å². The van der Waals surface area contributed by atoms with Crippen molar-refractivity contribution in [3.8, 4) is 0 Å². The van der Waals surface area contributed by atoms with Crippen molar-refractivity contribution in [2.75, 3.05) is 19.8 Å². The van der Waals surface area contributed by atoms with Crippen LogP contribution in [0.15, 0.2) is 24.3 Å².